The van der Waals surface area contributed by atoms with Crippen molar-refractivity contribution in [2.45, 2.75) is 6.04 Å². The Bertz CT molecular complexity index is 1330. The highest BCUT2D eigenvalue weighted by Crippen LogP contribution is 2.44. The molecule has 0 aliphatic carbocycles. The van der Waals surface area contributed by atoms with Crippen molar-refractivity contribution in [1.82, 2.24) is 0 Å². The number of nitrogens with zero attached hydrogens (tertiary/aromatic N) is 1. The van der Waals surface area contributed by atoms with Crippen molar-refractivity contribution in [3.05, 3.63) is 106 Å². The van der Waals surface area contributed by atoms with Gasteiger partial charge in [0.15, 0.2) is 0 Å². The molecule has 1 aliphatic rings. The molecule has 1 unspecified atom stereocenters. The van der Waals surface area contributed by atoms with E-state index in [0.717, 1.165) is 15.2 Å². The molecule has 0 saturated carbocycles. The lowest BCUT2D eigenvalue weighted by atomic mass is 9.99. The van der Waals surface area contributed by atoms with Crippen LogP contribution in [0.3, 0.4) is 0 Å². The van der Waals surface area contributed by atoms with Gasteiger partial charge in [0.1, 0.15) is 17.6 Å². The first-order valence-corrected chi connectivity index (χ1v) is 10.4. The molecule has 1 saturated heterocycles. The molecule has 0 radical (unpaired) electrons. The third-order valence-corrected chi connectivity index (χ3v) is 5.93. The van der Waals surface area contributed by atoms with Crippen LogP contribution in [0.1, 0.15) is 17.4 Å². The lowest BCUT2D eigenvalue weighted by Gasteiger charge is -2.24. The fourth-order valence-corrected chi connectivity index (χ4v) is 4.24. The number of Topliss-reactive ketones (excluding diaryl/α,β-unsaturated/α-hetero) is 1. The minimum atomic E-state index is -0.885. The third-order valence-electron chi connectivity index (χ3n) is 5.40. The van der Waals surface area contributed by atoms with Crippen LogP contribution in [0.5, 0.6) is 0 Å². The molecule has 2 heterocycles. The van der Waals surface area contributed by atoms with E-state index in [0.29, 0.717) is 17.0 Å². The van der Waals surface area contributed by atoms with Crippen molar-refractivity contribution in [2.24, 2.45) is 0 Å². The zero-order chi connectivity index (χ0) is 21.5. The normalized spacial score (nSPS) is 18.1. The van der Waals surface area contributed by atoms with Crippen LogP contribution in [-0.2, 0) is 9.59 Å². The molecule has 6 heteroatoms. The molecule has 5 nitrogen and oxygen atoms in total. The van der Waals surface area contributed by atoms with Crippen molar-refractivity contribution >= 4 is 49.8 Å². The maximum atomic E-state index is 13.2. The molecule has 31 heavy (non-hydrogen) atoms. The molecule has 1 fully saturated rings. The van der Waals surface area contributed by atoms with E-state index in [4.69, 9.17) is 4.42 Å². The van der Waals surface area contributed by atoms with Crippen molar-refractivity contribution in [1.29, 1.82) is 0 Å². The van der Waals surface area contributed by atoms with E-state index >= 15 is 0 Å². The molecule has 4 aromatic rings. The van der Waals surface area contributed by atoms with E-state index in [9.17, 15) is 14.7 Å². The van der Waals surface area contributed by atoms with E-state index in [2.05, 4.69) is 15.9 Å². The highest BCUT2D eigenvalue weighted by atomic mass is 79.9. The van der Waals surface area contributed by atoms with Crippen molar-refractivity contribution in [3.63, 3.8) is 0 Å². The number of halogens is 1. The van der Waals surface area contributed by atoms with Crippen LogP contribution in [0, 0.1) is 0 Å². The Labute approximate surface area is 186 Å². The van der Waals surface area contributed by atoms with Gasteiger partial charge in [0.25, 0.3) is 11.7 Å². The third kappa shape index (κ3) is 3.16. The van der Waals surface area contributed by atoms with Crippen LogP contribution < -0.4 is 4.90 Å². The topological polar surface area (TPSA) is 70.8 Å². The number of aliphatic hydroxyl groups is 1. The number of anilines is 1. The number of carbonyl (C=O) groups excluding carboxylic acids is 2. The van der Waals surface area contributed by atoms with Gasteiger partial charge in [0.05, 0.1) is 17.5 Å². The number of hydrogen-bond donors (Lipinski definition) is 1. The Morgan fingerprint density at radius 1 is 0.903 bits per heavy atom. The van der Waals surface area contributed by atoms with Gasteiger partial charge < -0.3 is 9.52 Å². The molecule has 0 bridgehead atoms. The van der Waals surface area contributed by atoms with E-state index in [1.807, 2.05) is 36.4 Å². The summed E-state index contributed by atoms with van der Waals surface area (Å²) in [7, 11) is 0. The summed E-state index contributed by atoms with van der Waals surface area (Å²) >= 11 is 3.36. The first-order chi connectivity index (χ1) is 15.1. The number of furan rings is 1. The molecule has 1 aromatic heterocycles. The summed E-state index contributed by atoms with van der Waals surface area (Å²) in [5, 5.41) is 12.8. The fraction of sp³-hybridized carbons (Fsp3) is 0.0400. The number of ketones is 1. The van der Waals surface area contributed by atoms with Gasteiger partial charge in [0.2, 0.25) is 0 Å². The summed E-state index contributed by atoms with van der Waals surface area (Å²) in [5.41, 5.74) is 1.02. The quantitative estimate of drug-likeness (QED) is 0.231. The molecule has 0 spiro atoms. The monoisotopic (exact) mass is 473 g/mol. The maximum absolute atomic E-state index is 13.2. The second-order valence-corrected chi connectivity index (χ2v) is 8.11. The van der Waals surface area contributed by atoms with Gasteiger partial charge in [0, 0.05) is 15.4 Å². The van der Waals surface area contributed by atoms with Crippen LogP contribution in [0.15, 0.2) is 99.6 Å². The Balaban J connectivity index is 1.76. The summed E-state index contributed by atoms with van der Waals surface area (Å²) in [5.74, 6) is -1.31. The van der Waals surface area contributed by atoms with Crippen molar-refractivity contribution in [2.75, 3.05) is 4.90 Å². The lowest BCUT2D eigenvalue weighted by molar-refractivity contribution is -0.132. The number of benzene rings is 3. The predicted octanol–water partition coefficient (Wildman–Crippen LogP) is 5.82. The van der Waals surface area contributed by atoms with Crippen LogP contribution in [0.25, 0.3) is 16.5 Å². The molecular formula is C25H16BrNO4. The van der Waals surface area contributed by atoms with Gasteiger partial charge in [-0.3, -0.25) is 14.5 Å². The van der Waals surface area contributed by atoms with Crippen LogP contribution in [-0.4, -0.2) is 16.8 Å². The Hall–Kier alpha value is -3.64. The zero-order valence-corrected chi connectivity index (χ0v) is 17.7. The average molecular weight is 474 g/mol. The molecule has 1 N–H and O–H groups in total. The van der Waals surface area contributed by atoms with Gasteiger partial charge in [-0.1, -0.05) is 64.5 Å². The van der Waals surface area contributed by atoms with Gasteiger partial charge in [-0.15, -0.1) is 0 Å². The highest BCUT2D eigenvalue weighted by molar-refractivity contribution is 9.10. The van der Waals surface area contributed by atoms with Gasteiger partial charge in [-0.05, 0) is 35.7 Å². The SMILES string of the molecule is O=C1C(=O)N(c2cccc3ccccc23)C(c2ccco2)/C1=C(/O)c1ccc(Br)cc1. The smallest absolute Gasteiger partial charge is 0.300 e. The molecule has 5 rings (SSSR count). The number of aliphatic hydroxyl groups excluding tert-OH is 1. The number of hydrogen-bond acceptors (Lipinski definition) is 4. The molecule has 152 valence electrons. The number of fused-ring (bicyclic) bond motifs is 1. The lowest BCUT2D eigenvalue weighted by Crippen LogP contribution is -2.29. The molecular weight excluding hydrogens is 458 g/mol. The second kappa shape index (κ2) is 7.56. The first kappa shape index (κ1) is 19.3. The number of carbonyl (C=O) groups is 2. The summed E-state index contributed by atoms with van der Waals surface area (Å²) in [6, 6.07) is 22.6. The molecule has 3 aromatic carbocycles. The van der Waals surface area contributed by atoms with Crippen molar-refractivity contribution in [3.8, 4) is 0 Å². The summed E-state index contributed by atoms with van der Waals surface area (Å²) in [6.45, 7) is 0. The summed E-state index contributed by atoms with van der Waals surface area (Å²) < 4.78 is 6.45. The zero-order valence-electron chi connectivity index (χ0n) is 16.2. The largest absolute Gasteiger partial charge is 0.507 e. The first-order valence-electron chi connectivity index (χ1n) is 9.64. The minimum absolute atomic E-state index is 0.00444. The standard InChI is InChI=1S/C25H16BrNO4/c26-17-12-10-16(11-13-17)23(28)21-22(20-9-4-14-31-20)27(25(30)24(21)29)19-8-3-6-15-5-1-2-7-18(15)19/h1-14,22,28H/b23-21-. The average Bonchev–Trinajstić information content (AvgIpc) is 3.41. The second-order valence-electron chi connectivity index (χ2n) is 7.19. The predicted molar refractivity (Wildman–Crippen MR) is 122 cm³/mol. The van der Waals surface area contributed by atoms with Gasteiger partial charge in [-0.2, -0.15) is 0 Å². The highest BCUT2D eigenvalue weighted by Gasteiger charge is 2.48. The van der Waals surface area contributed by atoms with Crippen LogP contribution in [0.4, 0.5) is 5.69 Å². The van der Waals surface area contributed by atoms with Crippen molar-refractivity contribution < 1.29 is 19.1 Å². The summed E-state index contributed by atoms with van der Waals surface area (Å²) in [4.78, 5) is 27.8. The Morgan fingerprint density at radius 3 is 2.39 bits per heavy atom. The number of rotatable bonds is 3. The van der Waals surface area contributed by atoms with E-state index < -0.39 is 17.7 Å². The Morgan fingerprint density at radius 2 is 1.65 bits per heavy atom. The summed E-state index contributed by atoms with van der Waals surface area (Å²) in [6.07, 6.45) is 1.48. The Kier molecular flexibility index (Phi) is 4.71. The van der Waals surface area contributed by atoms with Crippen LogP contribution >= 0.6 is 15.9 Å². The molecule has 1 atom stereocenters. The fourth-order valence-electron chi connectivity index (χ4n) is 3.98. The molecule has 1 amide bonds. The van der Waals surface area contributed by atoms with Gasteiger partial charge >= 0.3 is 0 Å². The van der Waals surface area contributed by atoms with E-state index in [-0.39, 0.29) is 11.3 Å². The van der Waals surface area contributed by atoms with E-state index in [1.165, 1.54) is 11.2 Å². The van der Waals surface area contributed by atoms with Crippen LogP contribution in [0.2, 0.25) is 0 Å². The molecule has 1 aliphatic heterocycles. The minimum Gasteiger partial charge on any atom is -0.507 e. The maximum Gasteiger partial charge on any atom is 0.300 e. The van der Waals surface area contributed by atoms with Gasteiger partial charge in [-0.25, -0.2) is 0 Å². The number of amides is 1. The van der Waals surface area contributed by atoms with E-state index in [1.54, 1.807) is 42.5 Å².